The van der Waals surface area contributed by atoms with Crippen LogP contribution in [0.4, 0.5) is 17.6 Å². The van der Waals surface area contributed by atoms with Crippen molar-refractivity contribution in [2.45, 2.75) is 44.1 Å². The van der Waals surface area contributed by atoms with Crippen LogP contribution in [0.25, 0.3) is 11.4 Å². The number of benzene rings is 1. The molecular formula is C24H20F4N4O2. The van der Waals surface area contributed by atoms with Crippen LogP contribution >= 0.6 is 0 Å². The van der Waals surface area contributed by atoms with Gasteiger partial charge in [-0.05, 0) is 56.0 Å². The summed E-state index contributed by atoms with van der Waals surface area (Å²) < 4.78 is 58.4. The lowest BCUT2D eigenvalue weighted by atomic mass is 9.97. The van der Waals surface area contributed by atoms with Crippen molar-refractivity contribution in [3.05, 3.63) is 71.9 Å². The largest absolute Gasteiger partial charge is 0.472 e. The van der Waals surface area contributed by atoms with Gasteiger partial charge in [0.1, 0.15) is 11.9 Å². The molecule has 2 unspecified atom stereocenters. The van der Waals surface area contributed by atoms with Gasteiger partial charge in [-0.1, -0.05) is 0 Å². The maximum Gasteiger partial charge on any atom is 0.417 e. The number of carbonyl (C=O) groups excluding carboxylic acids is 1. The van der Waals surface area contributed by atoms with Crippen LogP contribution in [0.3, 0.4) is 0 Å². The molecular weight excluding hydrogens is 452 g/mol. The molecule has 1 aromatic carbocycles. The molecule has 0 radical (unpaired) electrons. The van der Waals surface area contributed by atoms with Crippen molar-refractivity contribution < 1.29 is 27.1 Å². The molecule has 1 amide bonds. The van der Waals surface area contributed by atoms with Crippen LogP contribution in [0.5, 0.6) is 5.88 Å². The average Bonchev–Trinajstić information content (AvgIpc) is 3.36. The fourth-order valence-electron chi connectivity index (χ4n) is 4.93. The Bertz CT molecular complexity index is 1200. The summed E-state index contributed by atoms with van der Waals surface area (Å²) in [6, 6.07) is 7.26. The monoisotopic (exact) mass is 472 g/mol. The van der Waals surface area contributed by atoms with Crippen LogP contribution < -0.4 is 4.74 Å². The number of halogens is 4. The molecule has 176 valence electrons. The summed E-state index contributed by atoms with van der Waals surface area (Å²) >= 11 is 0. The molecule has 1 saturated heterocycles. The van der Waals surface area contributed by atoms with E-state index in [1.54, 1.807) is 11.0 Å². The van der Waals surface area contributed by atoms with E-state index in [0.717, 1.165) is 12.3 Å². The molecule has 4 atom stereocenters. The van der Waals surface area contributed by atoms with Gasteiger partial charge < -0.3 is 9.64 Å². The first-order valence-corrected chi connectivity index (χ1v) is 10.8. The minimum absolute atomic E-state index is 0.0748. The second kappa shape index (κ2) is 8.34. The smallest absolute Gasteiger partial charge is 0.417 e. The number of likely N-dealkylation sites (tertiary alicyclic amines) is 1. The van der Waals surface area contributed by atoms with Crippen LogP contribution in [0.2, 0.25) is 0 Å². The van der Waals surface area contributed by atoms with Crippen LogP contribution in [0.1, 0.15) is 35.7 Å². The Morgan fingerprint density at radius 1 is 1.09 bits per heavy atom. The quantitative estimate of drug-likeness (QED) is 0.512. The number of amides is 1. The van der Waals surface area contributed by atoms with Gasteiger partial charge in [0.15, 0.2) is 5.82 Å². The van der Waals surface area contributed by atoms with E-state index >= 15 is 0 Å². The summed E-state index contributed by atoms with van der Waals surface area (Å²) in [6.07, 6.45) is 0.245. The Morgan fingerprint density at radius 2 is 1.85 bits per heavy atom. The van der Waals surface area contributed by atoms with Crippen molar-refractivity contribution in [2.24, 2.45) is 5.92 Å². The van der Waals surface area contributed by atoms with Crippen molar-refractivity contribution in [3.63, 3.8) is 0 Å². The number of alkyl halides is 3. The zero-order valence-corrected chi connectivity index (χ0v) is 18.0. The van der Waals surface area contributed by atoms with Crippen molar-refractivity contribution in [1.29, 1.82) is 0 Å². The number of hydrogen-bond donors (Lipinski definition) is 0. The summed E-state index contributed by atoms with van der Waals surface area (Å²) in [7, 11) is 0. The first kappa shape index (κ1) is 22.2. The zero-order chi connectivity index (χ0) is 24.0. The molecule has 5 rings (SSSR count). The molecule has 3 heterocycles. The van der Waals surface area contributed by atoms with Crippen LogP contribution in [-0.4, -0.2) is 43.9 Å². The maximum absolute atomic E-state index is 14.0. The molecule has 1 saturated carbocycles. The number of aromatic nitrogens is 3. The number of ether oxygens (including phenoxy) is 1. The van der Waals surface area contributed by atoms with Gasteiger partial charge in [-0.3, -0.25) is 4.79 Å². The number of hydrogen-bond acceptors (Lipinski definition) is 5. The van der Waals surface area contributed by atoms with Gasteiger partial charge in [-0.2, -0.15) is 13.2 Å². The number of fused-ring (bicyclic) bond motifs is 2. The number of piperidine rings is 1. The van der Waals surface area contributed by atoms with E-state index in [9.17, 15) is 22.4 Å². The maximum atomic E-state index is 14.0. The predicted molar refractivity (Wildman–Crippen MR) is 113 cm³/mol. The second-order valence-electron chi connectivity index (χ2n) is 8.55. The van der Waals surface area contributed by atoms with E-state index in [1.165, 1.54) is 36.7 Å². The van der Waals surface area contributed by atoms with Crippen molar-refractivity contribution in [1.82, 2.24) is 19.9 Å². The number of carbonyl (C=O) groups is 1. The lowest BCUT2D eigenvalue weighted by Crippen LogP contribution is -2.51. The standard InChI is InChI=1S/C24H20F4N4O2/c1-13-14-9-19(20(10-14)34-21-6-3-15(12-31-21)24(26,27)28)32(13)23(33)17-5-4-16(25)11-18(17)22-29-7-2-8-30-22/h2-8,11-14,19-20H,9-10H2,1H3/t13?,14?,19-,20+/m0/s1. The molecule has 1 aliphatic heterocycles. The summed E-state index contributed by atoms with van der Waals surface area (Å²) in [5.74, 6) is -0.319. The molecule has 2 aromatic heterocycles. The van der Waals surface area contributed by atoms with Gasteiger partial charge in [0.25, 0.3) is 5.91 Å². The topological polar surface area (TPSA) is 68.2 Å². The van der Waals surface area contributed by atoms with Crippen LogP contribution in [-0.2, 0) is 6.18 Å². The highest BCUT2D eigenvalue weighted by molar-refractivity contribution is 6.00. The van der Waals surface area contributed by atoms with E-state index in [2.05, 4.69) is 15.0 Å². The van der Waals surface area contributed by atoms with Crippen molar-refractivity contribution in [3.8, 4) is 17.3 Å². The molecule has 0 spiro atoms. The first-order valence-electron chi connectivity index (χ1n) is 10.8. The Morgan fingerprint density at radius 3 is 2.50 bits per heavy atom. The molecule has 2 bridgehead atoms. The normalized spacial score (nSPS) is 23.9. The predicted octanol–water partition coefficient (Wildman–Crippen LogP) is 4.77. The Kier molecular flexibility index (Phi) is 5.45. The van der Waals surface area contributed by atoms with E-state index in [1.807, 2.05) is 6.92 Å². The summed E-state index contributed by atoms with van der Waals surface area (Å²) in [4.78, 5) is 27.5. The molecule has 34 heavy (non-hydrogen) atoms. The van der Waals surface area contributed by atoms with Crippen molar-refractivity contribution in [2.75, 3.05) is 0 Å². The van der Waals surface area contributed by atoms with E-state index in [0.29, 0.717) is 18.4 Å². The van der Waals surface area contributed by atoms with Crippen molar-refractivity contribution >= 4 is 5.91 Å². The van der Waals surface area contributed by atoms with Gasteiger partial charge in [0, 0.05) is 36.3 Å². The average molecular weight is 472 g/mol. The third-order valence-corrected chi connectivity index (χ3v) is 6.58. The Balaban J connectivity index is 1.40. The highest BCUT2D eigenvalue weighted by atomic mass is 19.4. The minimum Gasteiger partial charge on any atom is -0.472 e. The molecule has 2 fully saturated rings. The third kappa shape index (κ3) is 3.97. The van der Waals surface area contributed by atoms with Crippen LogP contribution in [0.15, 0.2) is 55.0 Å². The highest BCUT2D eigenvalue weighted by Gasteiger charge is 2.53. The fraction of sp³-hybridized carbons (Fsp3) is 0.333. The summed E-state index contributed by atoms with van der Waals surface area (Å²) in [5.41, 5.74) is -0.286. The highest BCUT2D eigenvalue weighted by Crippen LogP contribution is 2.45. The molecule has 0 N–H and O–H groups in total. The minimum atomic E-state index is -4.48. The Labute approximate surface area is 192 Å². The first-order chi connectivity index (χ1) is 16.2. The summed E-state index contributed by atoms with van der Waals surface area (Å²) in [6.45, 7) is 1.96. The third-order valence-electron chi connectivity index (χ3n) is 6.58. The van der Waals surface area contributed by atoms with E-state index < -0.39 is 23.7 Å². The van der Waals surface area contributed by atoms with Gasteiger partial charge in [0.05, 0.1) is 17.2 Å². The van der Waals surface area contributed by atoms with Gasteiger partial charge in [0.2, 0.25) is 5.88 Å². The number of rotatable bonds is 4. The second-order valence-corrected chi connectivity index (χ2v) is 8.55. The van der Waals surface area contributed by atoms with E-state index in [4.69, 9.17) is 4.74 Å². The van der Waals surface area contributed by atoms with Crippen LogP contribution in [0, 0.1) is 11.7 Å². The molecule has 1 aliphatic carbocycles. The van der Waals surface area contributed by atoms with Gasteiger partial charge >= 0.3 is 6.18 Å². The number of nitrogens with zero attached hydrogens (tertiary/aromatic N) is 4. The molecule has 2 aliphatic rings. The molecule has 10 heteroatoms. The molecule has 6 nitrogen and oxygen atoms in total. The molecule has 3 aromatic rings. The van der Waals surface area contributed by atoms with Gasteiger partial charge in [-0.25, -0.2) is 19.3 Å². The van der Waals surface area contributed by atoms with E-state index in [-0.39, 0.29) is 41.2 Å². The SMILES string of the molecule is CC1C2C[C@@H](Oc3ccc(C(F)(F)F)cn3)[C@H](C2)N1C(=O)c1ccc(F)cc1-c1ncccn1. The summed E-state index contributed by atoms with van der Waals surface area (Å²) in [5, 5.41) is 0. The number of pyridine rings is 1. The lowest BCUT2D eigenvalue weighted by molar-refractivity contribution is -0.137. The Hall–Kier alpha value is -3.56. The lowest BCUT2D eigenvalue weighted by Gasteiger charge is -2.38. The zero-order valence-electron chi connectivity index (χ0n) is 18.0. The van der Waals surface area contributed by atoms with Gasteiger partial charge in [-0.15, -0.1) is 0 Å². The fourth-order valence-corrected chi connectivity index (χ4v) is 4.93.